The SMILES string of the molecule is Cc1c(-c2c(OS(=O)(=O)C(F)(F)F)c(C)c([N+](=O)[O-])c3[nH]cc(C)c23)ccc2c1CCCO2. The van der Waals surface area contributed by atoms with Gasteiger partial charge in [-0.3, -0.25) is 10.1 Å². The minimum atomic E-state index is -6.10. The van der Waals surface area contributed by atoms with Crippen LogP contribution in [0.15, 0.2) is 18.3 Å². The number of alkyl halides is 3. The largest absolute Gasteiger partial charge is 0.534 e. The highest BCUT2D eigenvalue weighted by Crippen LogP contribution is 2.49. The first-order valence-electron chi connectivity index (χ1n) is 9.90. The van der Waals surface area contributed by atoms with Crippen LogP contribution in [0.3, 0.4) is 0 Å². The van der Waals surface area contributed by atoms with Crippen molar-refractivity contribution in [2.45, 2.75) is 39.1 Å². The van der Waals surface area contributed by atoms with Gasteiger partial charge in [-0.15, -0.1) is 0 Å². The Kier molecular flexibility index (Phi) is 5.31. The maximum absolute atomic E-state index is 13.2. The van der Waals surface area contributed by atoms with E-state index >= 15 is 0 Å². The third-order valence-corrected chi connectivity index (χ3v) is 6.75. The van der Waals surface area contributed by atoms with Crippen molar-refractivity contribution in [1.82, 2.24) is 4.98 Å². The summed E-state index contributed by atoms with van der Waals surface area (Å²) < 4.78 is 73.8. The topological polar surface area (TPSA) is 112 Å². The van der Waals surface area contributed by atoms with Crippen LogP contribution in [0.4, 0.5) is 18.9 Å². The molecular formula is C21H19F3N2O6S. The average molecular weight is 484 g/mol. The molecule has 33 heavy (non-hydrogen) atoms. The number of nitro benzene ring substituents is 1. The molecular weight excluding hydrogens is 465 g/mol. The van der Waals surface area contributed by atoms with E-state index in [1.54, 1.807) is 26.0 Å². The van der Waals surface area contributed by atoms with Crippen LogP contribution < -0.4 is 8.92 Å². The molecule has 3 aromatic rings. The Bertz CT molecular complexity index is 1410. The number of H-pyrrole nitrogens is 1. The molecule has 0 radical (unpaired) electrons. The molecule has 1 N–H and O–H groups in total. The Morgan fingerprint density at radius 3 is 2.52 bits per heavy atom. The summed E-state index contributed by atoms with van der Waals surface area (Å²) in [5, 5.41) is 12.0. The Labute approximate surface area is 186 Å². The summed E-state index contributed by atoms with van der Waals surface area (Å²) in [6.07, 6.45) is 2.87. The van der Waals surface area contributed by atoms with Gasteiger partial charge < -0.3 is 13.9 Å². The average Bonchev–Trinajstić information content (AvgIpc) is 3.09. The van der Waals surface area contributed by atoms with Gasteiger partial charge >= 0.3 is 15.6 Å². The van der Waals surface area contributed by atoms with E-state index in [2.05, 4.69) is 9.17 Å². The van der Waals surface area contributed by atoms with Gasteiger partial charge in [0, 0.05) is 17.1 Å². The van der Waals surface area contributed by atoms with Crippen molar-refractivity contribution >= 4 is 26.7 Å². The van der Waals surface area contributed by atoms with E-state index in [1.165, 1.54) is 6.20 Å². The van der Waals surface area contributed by atoms with Gasteiger partial charge in [0.2, 0.25) is 0 Å². The summed E-state index contributed by atoms with van der Waals surface area (Å²) in [4.78, 5) is 13.8. The number of nitrogens with one attached hydrogen (secondary N) is 1. The number of halogens is 3. The third-order valence-electron chi connectivity index (χ3n) is 5.80. The van der Waals surface area contributed by atoms with E-state index in [0.29, 0.717) is 35.5 Å². The Morgan fingerprint density at radius 2 is 1.88 bits per heavy atom. The molecule has 1 aromatic heterocycles. The minimum Gasteiger partial charge on any atom is -0.493 e. The Morgan fingerprint density at radius 1 is 1.18 bits per heavy atom. The molecule has 176 valence electrons. The number of aromatic nitrogens is 1. The van der Waals surface area contributed by atoms with E-state index in [9.17, 15) is 31.7 Å². The highest BCUT2D eigenvalue weighted by molar-refractivity contribution is 7.88. The van der Waals surface area contributed by atoms with Crippen LogP contribution in [0.25, 0.3) is 22.0 Å². The van der Waals surface area contributed by atoms with Gasteiger partial charge in [-0.2, -0.15) is 21.6 Å². The second-order valence-electron chi connectivity index (χ2n) is 7.81. The van der Waals surface area contributed by atoms with Gasteiger partial charge in [0.05, 0.1) is 17.1 Å². The predicted octanol–water partition coefficient (Wildman–Crippen LogP) is 5.22. The van der Waals surface area contributed by atoms with Gasteiger partial charge in [0.15, 0.2) is 5.75 Å². The second-order valence-corrected chi connectivity index (χ2v) is 9.34. The van der Waals surface area contributed by atoms with Crippen molar-refractivity contribution in [2.75, 3.05) is 6.61 Å². The second kappa shape index (κ2) is 7.65. The lowest BCUT2D eigenvalue weighted by Gasteiger charge is -2.23. The fraction of sp³-hybridized carbons (Fsp3) is 0.333. The van der Waals surface area contributed by atoms with E-state index in [-0.39, 0.29) is 22.0 Å². The minimum absolute atomic E-state index is 0.0329. The number of aryl methyl sites for hydroxylation is 1. The number of hydrogen-bond acceptors (Lipinski definition) is 6. The monoisotopic (exact) mass is 484 g/mol. The van der Waals surface area contributed by atoms with Crippen molar-refractivity contribution in [1.29, 1.82) is 0 Å². The third kappa shape index (κ3) is 3.58. The van der Waals surface area contributed by atoms with Crippen LogP contribution >= 0.6 is 0 Å². The summed E-state index contributed by atoms with van der Waals surface area (Å²) in [5.74, 6) is -0.0949. The number of benzene rings is 2. The van der Waals surface area contributed by atoms with Crippen molar-refractivity contribution in [3.8, 4) is 22.6 Å². The summed E-state index contributed by atoms with van der Waals surface area (Å²) in [7, 11) is -6.10. The molecule has 2 aromatic carbocycles. The molecule has 0 amide bonds. The fourth-order valence-electron chi connectivity index (χ4n) is 4.25. The zero-order valence-corrected chi connectivity index (χ0v) is 18.6. The molecule has 4 rings (SSSR count). The molecule has 8 nitrogen and oxygen atoms in total. The Balaban J connectivity index is 2.15. The van der Waals surface area contributed by atoms with Crippen LogP contribution in [0, 0.1) is 30.9 Å². The standard InChI is InChI=1S/C21H19F3N2O6S/c1-10-9-25-18-16(10)17(14-6-7-15-13(11(14)2)5-4-8-31-15)20(12(3)19(18)26(27)28)32-33(29,30)21(22,23)24/h6-7,9,25H,4-5,8H2,1-3H3. The number of fused-ring (bicyclic) bond motifs is 2. The quantitative estimate of drug-likeness (QED) is 0.235. The van der Waals surface area contributed by atoms with Gasteiger partial charge in [-0.25, -0.2) is 0 Å². The van der Waals surface area contributed by atoms with Crippen molar-refractivity contribution < 1.29 is 35.4 Å². The van der Waals surface area contributed by atoms with Crippen LogP contribution in [0.2, 0.25) is 0 Å². The molecule has 1 aliphatic rings. The highest BCUT2D eigenvalue weighted by atomic mass is 32.2. The molecule has 2 heterocycles. The number of ether oxygens (including phenoxy) is 1. The van der Waals surface area contributed by atoms with Crippen molar-refractivity contribution in [2.24, 2.45) is 0 Å². The first-order chi connectivity index (χ1) is 15.3. The molecule has 0 saturated carbocycles. The lowest BCUT2D eigenvalue weighted by molar-refractivity contribution is -0.383. The number of rotatable bonds is 4. The number of aromatic amines is 1. The van der Waals surface area contributed by atoms with Crippen molar-refractivity contribution in [3.63, 3.8) is 0 Å². The lowest BCUT2D eigenvalue weighted by atomic mass is 9.88. The molecule has 12 heteroatoms. The summed E-state index contributed by atoms with van der Waals surface area (Å²) in [6, 6.07) is 3.25. The van der Waals surface area contributed by atoms with Crippen LogP contribution in [0.5, 0.6) is 11.5 Å². The van der Waals surface area contributed by atoms with Gasteiger partial charge in [-0.1, -0.05) is 6.07 Å². The Hall–Kier alpha value is -3.28. The first kappa shape index (κ1) is 22.9. The molecule has 0 fully saturated rings. The van der Waals surface area contributed by atoms with Gasteiger partial charge in [0.1, 0.15) is 11.3 Å². The summed E-state index contributed by atoms with van der Waals surface area (Å²) in [6.45, 7) is 5.05. The van der Waals surface area contributed by atoms with Crippen molar-refractivity contribution in [3.05, 3.63) is 50.7 Å². The molecule has 0 bridgehead atoms. The van der Waals surface area contributed by atoms with Crippen LogP contribution in [-0.4, -0.2) is 30.4 Å². The molecule has 0 unspecified atom stereocenters. The first-order valence-corrected chi connectivity index (χ1v) is 11.3. The normalized spacial score (nSPS) is 14.1. The zero-order chi connectivity index (χ0) is 24.3. The predicted molar refractivity (Wildman–Crippen MR) is 114 cm³/mol. The van der Waals surface area contributed by atoms with E-state index in [1.807, 2.05) is 0 Å². The molecule has 0 atom stereocenters. The van der Waals surface area contributed by atoms with Crippen LogP contribution in [-0.2, 0) is 16.5 Å². The highest BCUT2D eigenvalue weighted by Gasteiger charge is 2.49. The van der Waals surface area contributed by atoms with Gasteiger partial charge in [0.25, 0.3) is 5.69 Å². The maximum Gasteiger partial charge on any atom is 0.534 e. The zero-order valence-electron chi connectivity index (χ0n) is 17.8. The maximum atomic E-state index is 13.2. The van der Waals surface area contributed by atoms with Gasteiger partial charge in [-0.05, 0) is 61.9 Å². The lowest BCUT2D eigenvalue weighted by Crippen LogP contribution is -2.28. The number of nitrogens with zero attached hydrogens (tertiary/aromatic N) is 1. The summed E-state index contributed by atoms with van der Waals surface area (Å²) >= 11 is 0. The summed E-state index contributed by atoms with van der Waals surface area (Å²) in [5.41, 5.74) is -4.15. The van der Waals surface area contributed by atoms with E-state index in [0.717, 1.165) is 18.9 Å². The molecule has 1 aliphatic heterocycles. The number of nitro groups is 1. The molecule has 0 saturated heterocycles. The molecule has 0 spiro atoms. The van der Waals surface area contributed by atoms with E-state index < -0.39 is 32.0 Å². The number of hydrogen-bond donors (Lipinski definition) is 1. The fourth-order valence-corrected chi connectivity index (χ4v) is 4.78. The van der Waals surface area contributed by atoms with E-state index in [4.69, 9.17) is 4.74 Å². The smallest absolute Gasteiger partial charge is 0.493 e. The van der Waals surface area contributed by atoms with Crippen LogP contribution in [0.1, 0.15) is 28.7 Å². The molecule has 0 aliphatic carbocycles.